The van der Waals surface area contributed by atoms with Gasteiger partial charge >= 0.3 is 0 Å². The fourth-order valence-electron chi connectivity index (χ4n) is 5.26. The van der Waals surface area contributed by atoms with E-state index in [-0.39, 0.29) is 0 Å². The normalized spacial score (nSPS) is 20.2. The number of aromatic nitrogens is 2. The van der Waals surface area contributed by atoms with Crippen LogP contribution in [0.1, 0.15) is 57.1 Å². The number of piperidine rings is 1. The Labute approximate surface area is 206 Å². The molecule has 6 nitrogen and oxygen atoms in total. The number of nitrogens with zero attached hydrogens (tertiary/aromatic N) is 3. The monoisotopic (exact) mass is 499 g/mol. The van der Waals surface area contributed by atoms with E-state index in [2.05, 4.69) is 23.6 Å². The number of rotatable bonds is 7. The summed E-state index contributed by atoms with van der Waals surface area (Å²) in [6.07, 6.45) is 6.75. The van der Waals surface area contributed by atoms with Crippen LogP contribution in [0.15, 0.2) is 52.5 Å². The quantitative estimate of drug-likeness (QED) is 0.380. The number of ether oxygens (including phenoxy) is 1. The summed E-state index contributed by atoms with van der Waals surface area (Å²) >= 11 is 1.71. The minimum atomic E-state index is -3.51. The molecular weight excluding hydrogens is 466 g/mol. The fraction of sp³-hybridized carbons (Fsp3) is 0.500. The second-order valence-electron chi connectivity index (χ2n) is 9.60. The van der Waals surface area contributed by atoms with Crippen LogP contribution in [0.3, 0.4) is 0 Å². The van der Waals surface area contributed by atoms with Crippen molar-refractivity contribution in [1.29, 1.82) is 0 Å². The fourth-order valence-corrected chi connectivity index (χ4v) is 7.90. The summed E-state index contributed by atoms with van der Waals surface area (Å²) in [5.74, 6) is 2.03. The Morgan fingerprint density at radius 3 is 2.68 bits per heavy atom. The molecule has 3 aromatic rings. The molecule has 2 fully saturated rings. The van der Waals surface area contributed by atoms with Gasteiger partial charge in [-0.25, -0.2) is 13.4 Å². The molecule has 2 aliphatic rings. The Bertz CT molecular complexity index is 1270. The minimum Gasteiger partial charge on any atom is -0.497 e. The number of sulfonamides is 1. The molecule has 1 saturated carbocycles. The molecule has 0 radical (unpaired) electrons. The zero-order valence-corrected chi connectivity index (χ0v) is 21.6. The van der Waals surface area contributed by atoms with Crippen LogP contribution in [0.2, 0.25) is 0 Å². The molecule has 1 aromatic heterocycles. The number of fused-ring (bicyclic) bond motifs is 1. The Hall–Kier alpha value is -2.03. The Kier molecular flexibility index (Phi) is 6.91. The zero-order chi connectivity index (χ0) is 23.7. The third-order valence-corrected chi connectivity index (χ3v) is 9.96. The second kappa shape index (κ2) is 9.91. The van der Waals surface area contributed by atoms with Crippen molar-refractivity contribution in [2.45, 2.75) is 67.3 Å². The first kappa shape index (κ1) is 23.7. The number of thioether (sulfide) groups is 1. The highest BCUT2D eigenvalue weighted by Gasteiger charge is 2.30. The molecule has 1 aliphatic heterocycles. The maximum absolute atomic E-state index is 13.4. The van der Waals surface area contributed by atoms with Crippen molar-refractivity contribution in [2.75, 3.05) is 20.2 Å². The molecule has 182 valence electrons. The van der Waals surface area contributed by atoms with Crippen molar-refractivity contribution in [1.82, 2.24) is 13.9 Å². The van der Waals surface area contributed by atoms with Gasteiger partial charge in [0, 0.05) is 24.9 Å². The van der Waals surface area contributed by atoms with Gasteiger partial charge in [-0.1, -0.05) is 43.7 Å². The summed E-state index contributed by atoms with van der Waals surface area (Å²) in [7, 11) is -1.83. The number of methoxy groups -OCH3 is 1. The maximum atomic E-state index is 13.4. The van der Waals surface area contributed by atoms with Gasteiger partial charge in [-0.15, -0.1) is 0 Å². The average molecular weight is 500 g/mol. The molecule has 34 heavy (non-hydrogen) atoms. The van der Waals surface area contributed by atoms with Crippen LogP contribution < -0.4 is 4.74 Å². The summed E-state index contributed by atoms with van der Waals surface area (Å²) in [4.78, 5) is 5.32. The Balaban J connectivity index is 1.48. The predicted molar refractivity (Wildman–Crippen MR) is 137 cm³/mol. The van der Waals surface area contributed by atoms with Crippen LogP contribution in [0, 0.1) is 5.92 Å². The number of benzene rings is 2. The molecule has 2 aromatic carbocycles. The van der Waals surface area contributed by atoms with Crippen LogP contribution in [0.4, 0.5) is 0 Å². The lowest BCUT2D eigenvalue weighted by Crippen LogP contribution is -2.39. The van der Waals surface area contributed by atoms with Crippen molar-refractivity contribution in [2.24, 2.45) is 5.92 Å². The predicted octanol–water partition coefficient (Wildman–Crippen LogP) is 5.87. The third-order valence-electron chi connectivity index (χ3n) is 7.08. The largest absolute Gasteiger partial charge is 0.497 e. The maximum Gasteiger partial charge on any atom is 0.243 e. The van der Waals surface area contributed by atoms with Crippen LogP contribution in [-0.2, 0) is 15.8 Å². The van der Waals surface area contributed by atoms with Gasteiger partial charge in [0.1, 0.15) is 5.75 Å². The van der Waals surface area contributed by atoms with Gasteiger partial charge in [0.15, 0.2) is 5.16 Å². The van der Waals surface area contributed by atoms with E-state index in [9.17, 15) is 8.42 Å². The van der Waals surface area contributed by atoms with Gasteiger partial charge in [0.2, 0.25) is 10.0 Å². The lowest BCUT2D eigenvalue weighted by molar-refractivity contribution is 0.281. The molecule has 0 spiro atoms. The molecule has 0 N–H and O–H groups in total. The average Bonchev–Trinajstić information content (AvgIpc) is 3.49. The van der Waals surface area contributed by atoms with Crippen molar-refractivity contribution >= 4 is 32.8 Å². The molecule has 1 saturated heterocycles. The lowest BCUT2D eigenvalue weighted by atomic mass is 10.0. The summed E-state index contributed by atoms with van der Waals surface area (Å²) in [6.45, 7) is 3.32. The van der Waals surface area contributed by atoms with Crippen molar-refractivity contribution in [3.8, 4) is 5.75 Å². The van der Waals surface area contributed by atoms with Gasteiger partial charge < -0.3 is 9.30 Å². The van der Waals surface area contributed by atoms with Gasteiger partial charge in [-0.2, -0.15) is 4.31 Å². The molecule has 1 atom stereocenters. The van der Waals surface area contributed by atoms with Crippen LogP contribution in [0.5, 0.6) is 5.75 Å². The molecule has 0 amide bonds. The molecule has 1 aliphatic carbocycles. The van der Waals surface area contributed by atoms with Crippen molar-refractivity contribution < 1.29 is 13.2 Å². The Morgan fingerprint density at radius 1 is 1.09 bits per heavy atom. The SMILES string of the molecule is COc1cccc(CSc2nc3cc(S(=O)(=O)N4CCC[C@@H](C)C4)ccc3n2C2CCCC2)c1. The highest BCUT2D eigenvalue weighted by atomic mass is 32.2. The number of imidazole rings is 1. The molecule has 0 unspecified atom stereocenters. The number of hydrogen-bond donors (Lipinski definition) is 0. The summed E-state index contributed by atoms with van der Waals surface area (Å²) < 4.78 is 36.1. The van der Waals surface area contributed by atoms with Gasteiger partial charge in [-0.05, 0) is 67.5 Å². The van der Waals surface area contributed by atoms with E-state index < -0.39 is 10.0 Å². The summed E-state index contributed by atoms with van der Waals surface area (Å²) in [5.41, 5.74) is 2.98. The van der Waals surface area contributed by atoms with Gasteiger partial charge in [0.05, 0.1) is 23.0 Å². The van der Waals surface area contributed by atoms with Crippen molar-refractivity contribution in [3.63, 3.8) is 0 Å². The molecular formula is C26H33N3O3S2. The van der Waals surface area contributed by atoms with Crippen LogP contribution in [-0.4, -0.2) is 42.5 Å². The van der Waals surface area contributed by atoms with Crippen molar-refractivity contribution in [3.05, 3.63) is 48.0 Å². The third kappa shape index (κ3) is 4.72. The van der Waals surface area contributed by atoms with E-state index in [4.69, 9.17) is 9.72 Å². The summed E-state index contributed by atoms with van der Waals surface area (Å²) in [6, 6.07) is 14.1. The van der Waals surface area contributed by atoms with E-state index in [1.54, 1.807) is 35.3 Å². The summed E-state index contributed by atoms with van der Waals surface area (Å²) in [5, 5.41) is 0.964. The minimum absolute atomic E-state index is 0.356. The van der Waals surface area contributed by atoms with Gasteiger partial charge in [0.25, 0.3) is 0 Å². The van der Waals surface area contributed by atoms with E-state index in [1.165, 1.54) is 18.4 Å². The molecule has 2 heterocycles. The van der Waals surface area contributed by atoms with E-state index in [0.717, 1.165) is 53.4 Å². The van der Waals surface area contributed by atoms with E-state index >= 15 is 0 Å². The molecule has 0 bridgehead atoms. The van der Waals surface area contributed by atoms with Crippen LogP contribution in [0.25, 0.3) is 11.0 Å². The standard InChI is InChI=1S/C26H33N3O3S2/c1-19-7-6-14-28(17-19)34(30,31)23-12-13-25-24(16-23)27-26(29(25)21-9-3-4-10-21)33-18-20-8-5-11-22(15-20)32-2/h5,8,11-13,15-16,19,21H,3-4,6-7,9-10,14,17-18H2,1-2H3/t19-/m1/s1. The first-order chi connectivity index (χ1) is 16.5. The lowest BCUT2D eigenvalue weighted by Gasteiger charge is -2.30. The first-order valence-corrected chi connectivity index (χ1v) is 14.7. The highest BCUT2D eigenvalue weighted by Crippen LogP contribution is 2.38. The van der Waals surface area contributed by atoms with Crippen LogP contribution >= 0.6 is 11.8 Å². The molecule has 5 rings (SSSR count). The number of hydrogen-bond acceptors (Lipinski definition) is 5. The topological polar surface area (TPSA) is 64.4 Å². The zero-order valence-electron chi connectivity index (χ0n) is 19.9. The van der Waals surface area contributed by atoms with Gasteiger partial charge in [-0.3, -0.25) is 0 Å². The Morgan fingerprint density at radius 2 is 1.91 bits per heavy atom. The second-order valence-corrected chi connectivity index (χ2v) is 12.5. The molecule has 8 heteroatoms. The first-order valence-electron chi connectivity index (χ1n) is 12.2. The van der Waals surface area contributed by atoms with E-state index in [1.807, 2.05) is 18.2 Å². The highest BCUT2D eigenvalue weighted by molar-refractivity contribution is 7.98. The smallest absolute Gasteiger partial charge is 0.243 e. The van der Waals surface area contributed by atoms with E-state index in [0.29, 0.717) is 29.9 Å².